The minimum Gasteiger partial charge on any atom is -0.493 e. The topological polar surface area (TPSA) is 82.0 Å². The maximum Gasteiger partial charge on any atom is 0.257 e. The lowest BCUT2D eigenvalue weighted by molar-refractivity contribution is 0.446. The summed E-state index contributed by atoms with van der Waals surface area (Å²) < 4.78 is 0. The number of aromatic nitrogens is 3. The Balaban J connectivity index is 2.87. The maximum absolute atomic E-state index is 9.02. The molecule has 0 aliphatic heterocycles. The highest BCUT2D eigenvalue weighted by Gasteiger charge is 2.04. The molecular formula is C6H5N3O2. The van der Waals surface area contributed by atoms with Gasteiger partial charge in [-0.05, 0) is 6.07 Å². The Hall–Kier alpha value is -1.78. The number of fused-ring (bicyclic) bond motifs is 1. The number of H-pyrrole nitrogens is 1. The van der Waals surface area contributed by atoms with Gasteiger partial charge in [-0.2, -0.15) is 0 Å². The fourth-order valence-corrected chi connectivity index (χ4v) is 0.876. The fraction of sp³-hybridized carbons (Fsp3) is 0. The Labute approximate surface area is 61.3 Å². The lowest BCUT2D eigenvalue weighted by Crippen LogP contribution is -1.74. The first kappa shape index (κ1) is 5.96. The lowest BCUT2D eigenvalue weighted by atomic mass is 10.4. The van der Waals surface area contributed by atoms with Gasteiger partial charge in [-0.25, -0.2) is 4.98 Å². The predicted octanol–water partition coefficient (Wildman–Crippen LogP) is 0.369. The van der Waals surface area contributed by atoms with Gasteiger partial charge >= 0.3 is 0 Å². The van der Waals surface area contributed by atoms with Crippen LogP contribution in [-0.4, -0.2) is 25.4 Å². The molecule has 0 unspecified atom stereocenters. The van der Waals surface area contributed by atoms with E-state index in [2.05, 4.69) is 15.2 Å². The zero-order valence-electron chi connectivity index (χ0n) is 5.44. The Kier molecular flexibility index (Phi) is 1.00. The number of hydrogen-bond donors (Lipinski definition) is 3. The van der Waals surface area contributed by atoms with E-state index in [1.54, 1.807) is 6.07 Å². The molecule has 0 amide bonds. The molecule has 0 atom stereocenters. The molecule has 0 aromatic carbocycles. The smallest absolute Gasteiger partial charge is 0.257 e. The SMILES string of the molecule is Oc1ccc2[nH]nc(O)c2n1. The zero-order chi connectivity index (χ0) is 7.84. The van der Waals surface area contributed by atoms with Crippen molar-refractivity contribution in [2.75, 3.05) is 0 Å². The van der Waals surface area contributed by atoms with Crippen molar-refractivity contribution in [2.24, 2.45) is 0 Å². The van der Waals surface area contributed by atoms with Crippen LogP contribution in [0.2, 0.25) is 0 Å². The molecule has 56 valence electrons. The van der Waals surface area contributed by atoms with Gasteiger partial charge in [0, 0.05) is 6.07 Å². The van der Waals surface area contributed by atoms with Crippen LogP contribution in [0, 0.1) is 0 Å². The maximum atomic E-state index is 9.02. The van der Waals surface area contributed by atoms with Crippen molar-refractivity contribution < 1.29 is 10.2 Å². The number of pyridine rings is 1. The number of nitrogens with zero attached hydrogens (tertiary/aromatic N) is 2. The Morgan fingerprint density at radius 2 is 2.09 bits per heavy atom. The fourth-order valence-electron chi connectivity index (χ4n) is 0.876. The Morgan fingerprint density at radius 1 is 1.27 bits per heavy atom. The third-order valence-electron chi connectivity index (χ3n) is 1.37. The first-order valence-corrected chi connectivity index (χ1v) is 3.00. The summed E-state index contributed by atoms with van der Waals surface area (Å²) >= 11 is 0. The van der Waals surface area contributed by atoms with E-state index in [1.807, 2.05) is 0 Å². The van der Waals surface area contributed by atoms with Gasteiger partial charge in [-0.15, -0.1) is 5.10 Å². The largest absolute Gasteiger partial charge is 0.493 e. The second-order valence-electron chi connectivity index (χ2n) is 2.11. The van der Waals surface area contributed by atoms with Crippen molar-refractivity contribution in [2.45, 2.75) is 0 Å². The van der Waals surface area contributed by atoms with Crippen LogP contribution in [0.1, 0.15) is 0 Å². The van der Waals surface area contributed by atoms with Crippen molar-refractivity contribution >= 4 is 11.0 Å². The van der Waals surface area contributed by atoms with Crippen LogP contribution < -0.4 is 0 Å². The van der Waals surface area contributed by atoms with Gasteiger partial charge in [0.05, 0.1) is 5.52 Å². The molecular weight excluding hydrogens is 146 g/mol. The molecule has 0 aliphatic carbocycles. The Bertz CT molecular complexity index is 396. The molecule has 5 nitrogen and oxygen atoms in total. The average Bonchev–Trinajstić information content (AvgIpc) is 2.33. The second kappa shape index (κ2) is 1.85. The van der Waals surface area contributed by atoms with Gasteiger partial charge in [0.25, 0.3) is 5.88 Å². The molecule has 0 radical (unpaired) electrons. The first-order chi connectivity index (χ1) is 5.27. The molecule has 0 saturated carbocycles. The van der Waals surface area contributed by atoms with Crippen LogP contribution in [0.4, 0.5) is 0 Å². The molecule has 0 saturated heterocycles. The summed E-state index contributed by atoms with van der Waals surface area (Å²) in [6, 6.07) is 3.00. The molecule has 2 aromatic rings. The highest BCUT2D eigenvalue weighted by atomic mass is 16.3. The number of aromatic hydroxyl groups is 2. The highest BCUT2D eigenvalue weighted by molar-refractivity contribution is 5.79. The van der Waals surface area contributed by atoms with Crippen molar-refractivity contribution in [3.8, 4) is 11.8 Å². The standard InChI is InChI=1S/C6H5N3O2/c10-4-2-1-3-5(7-4)6(11)9-8-3/h1-2H,(H,7,10)(H2,8,9,11). The molecule has 5 heteroatoms. The van der Waals surface area contributed by atoms with Crippen LogP contribution in [0.5, 0.6) is 11.8 Å². The average molecular weight is 151 g/mol. The van der Waals surface area contributed by atoms with Crippen molar-refractivity contribution in [3.63, 3.8) is 0 Å². The number of aromatic amines is 1. The molecule has 0 spiro atoms. The highest BCUT2D eigenvalue weighted by Crippen LogP contribution is 2.20. The summed E-state index contributed by atoms with van der Waals surface area (Å²) in [4.78, 5) is 3.65. The van der Waals surface area contributed by atoms with E-state index in [1.165, 1.54) is 6.07 Å². The molecule has 2 aromatic heterocycles. The predicted molar refractivity (Wildman–Crippen MR) is 37.2 cm³/mol. The number of nitrogens with one attached hydrogen (secondary N) is 1. The van der Waals surface area contributed by atoms with E-state index in [4.69, 9.17) is 10.2 Å². The van der Waals surface area contributed by atoms with Gasteiger partial charge < -0.3 is 10.2 Å². The van der Waals surface area contributed by atoms with Crippen LogP contribution in [0.3, 0.4) is 0 Å². The first-order valence-electron chi connectivity index (χ1n) is 3.00. The molecule has 11 heavy (non-hydrogen) atoms. The van der Waals surface area contributed by atoms with Crippen LogP contribution in [0.25, 0.3) is 11.0 Å². The Morgan fingerprint density at radius 3 is 2.91 bits per heavy atom. The van der Waals surface area contributed by atoms with Crippen molar-refractivity contribution in [1.82, 2.24) is 15.2 Å². The van der Waals surface area contributed by atoms with Gasteiger partial charge in [0.1, 0.15) is 0 Å². The minimum absolute atomic E-state index is 0.130. The molecule has 2 rings (SSSR count). The molecule has 2 heterocycles. The van der Waals surface area contributed by atoms with Gasteiger partial charge in [0.2, 0.25) is 5.88 Å². The van der Waals surface area contributed by atoms with Crippen LogP contribution >= 0.6 is 0 Å². The van der Waals surface area contributed by atoms with E-state index < -0.39 is 0 Å². The van der Waals surface area contributed by atoms with Crippen LogP contribution in [-0.2, 0) is 0 Å². The lowest BCUT2D eigenvalue weighted by Gasteiger charge is -1.88. The molecule has 0 fully saturated rings. The van der Waals surface area contributed by atoms with E-state index in [9.17, 15) is 0 Å². The van der Waals surface area contributed by atoms with Crippen LogP contribution in [0.15, 0.2) is 12.1 Å². The van der Waals surface area contributed by atoms with Gasteiger partial charge in [0.15, 0.2) is 5.52 Å². The summed E-state index contributed by atoms with van der Waals surface area (Å²) in [7, 11) is 0. The van der Waals surface area contributed by atoms with Gasteiger partial charge in [-0.1, -0.05) is 0 Å². The number of hydrogen-bond acceptors (Lipinski definition) is 4. The third-order valence-corrected chi connectivity index (χ3v) is 1.37. The van der Waals surface area contributed by atoms with E-state index in [0.717, 1.165) is 0 Å². The summed E-state index contributed by atoms with van der Waals surface area (Å²) in [5.74, 6) is -0.329. The summed E-state index contributed by atoms with van der Waals surface area (Å²) in [5.41, 5.74) is 0.880. The van der Waals surface area contributed by atoms with E-state index in [0.29, 0.717) is 5.52 Å². The summed E-state index contributed by atoms with van der Waals surface area (Å²) in [5, 5.41) is 24.0. The normalized spacial score (nSPS) is 10.5. The summed E-state index contributed by atoms with van der Waals surface area (Å²) in [6.07, 6.45) is 0. The van der Waals surface area contributed by atoms with Gasteiger partial charge in [-0.3, -0.25) is 5.10 Å². The number of rotatable bonds is 0. The molecule has 0 aliphatic rings. The van der Waals surface area contributed by atoms with E-state index >= 15 is 0 Å². The van der Waals surface area contributed by atoms with Crippen molar-refractivity contribution in [3.05, 3.63) is 12.1 Å². The summed E-state index contributed by atoms with van der Waals surface area (Å²) in [6.45, 7) is 0. The quantitative estimate of drug-likeness (QED) is 0.508. The van der Waals surface area contributed by atoms with E-state index in [-0.39, 0.29) is 17.3 Å². The monoisotopic (exact) mass is 151 g/mol. The third kappa shape index (κ3) is 0.778. The minimum atomic E-state index is -0.198. The molecule has 3 N–H and O–H groups in total. The zero-order valence-corrected chi connectivity index (χ0v) is 5.44. The molecule has 0 bridgehead atoms. The second-order valence-corrected chi connectivity index (χ2v) is 2.11. The van der Waals surface area contributed by atoms with Crippen molar-refractivity contribution in [1.29, 1.82) is 0 Å².